The fourth-order valence-corrected chi connectivity index (χ4v) is 1.72. The Morgan fingerprint density at radius 3 is 2.93 bits per heavy atom. The summed E-state index contributed by atoms with van der Waals surface area (Å²) in [5.74, 6) is 0.199. The molecule has 0 aliphatic heterocycles. The number of thiophene rings is 1. The van der Waals surface area contributed by atoms with E-state index >= 15 is 0 Å². The maximum atomic E-state index is 11.3. The maximum absolute atomic E-state index is 11.3. The average Bonchev–Trinajstić information content (AvgIpc) is 2.66. The SMILES string of the molecule is Cc1c(O)nc(-c2cccs2)[nH]c1=O. The van der Waals surface area contributed by atoms with Gasteiger partial charge in [0.1, 0.15) is 0 Å². The summed E-state index contributed by atoms with van der Waals surface area (Å²) < 4.78 is 0. The summed E-state index contributed by atoms with van der Waals surface area (Å²) in [6, 6.07) is 3.69. The van der Waals surface area contributed by atoms with Crippen molar-refractivity contribution in [2.24, 2.45) is 0 Å². The number of aromatic nitrogens is 2. The molecular formula is C9H8N2O2S. The zero-order chi connectivity index (χ0) is 10.1. The Balaban J connectivity index is 2.63. The van der Waals surface area contributed by atoms with Crippen molar-refractivity contribution in [2.75, 3.05) is 0 Å². The van der Waals surface area contributed by atoms with Crippen LogP contribution in [0.4, 0.5) is 0 Å². The Bertz CT molecular complexity index is 502. The molecule has 0 amide bonds. The predicted molar refractivity (Wildman–Crippen MR) is 54.6 cm³/mol. The molecule has 2 N–H and O–H groups in total. The monoisotopic (exact) mass is 208 g/mol. The Morgan fingerprint density at radius 2 is 2.36 bits per heavy atom. The van der Waals surface area contributed by atoms with Gasteiger partial charge in [-0.1, -0.05) is 6.07 Å². The Morgan fingerprint density at radius 1 is 1.57 bits per heavy atom. The lowest BCUT2D eigenvalue weighted by Crippen LogP contribution is -2.11. The largest absolute Gasteiger partial charge is 0.493 e. The lowest BCUT2D eigenvalue weighted by Gasteiger charge is -1.99. The Labute approximate surface area is 83.9 Å². The molecule has 2 rings (SSSR count). The third-order valence-corrected chi connectivity index (χ3v) is 2.76. The molecule has 0 aliphatic carbocycles. The number of aromatic hydroxyl groups is 1. The second kappa shape index (κ2) is 3.26. The summed E-state index contributed by atoms with van der Waals surface area (Å²) >= 11 is 1.46. The van der Waals surface area contributed by atoms with Gasteiger partial charge in [0.05, 0.1) is 10.4 Å². The first-order valence-electron chi connectivity index (χ1n) is 4.02. The summed E-state index contributed by atoms with van der Waals surface area (Å²) in [4.78, 5) is 18.6. The molecule has 2 aromatic heterocycles. The van der Waals surface area contributed by atoms with Crippen molar-refractivity contribution in [3.05, 3.63) is 33.4 Å². The molecule has 4 nitrogen and oxygen atoms in total. The van der Waals surface area contributed by atoms with Crippen molar-refractivity contribution in [3.8, 4) is 16.6 Å². The van der Waals surface area contributed by atoms with Gasteiger partial charge in [0, 0.05) is 0 Å². The molecule has 0 aromatic carbocycles. The molecule has 0 atom stereocenters. The number of H-pyrrole nitrogens is 1. The van der Waals surface area contributed by atoms with E-state index < -0.39 is 0 Å². The van der Waals surface area contributed by atoms with Gasteiger partial charge in [-0.05, 0) is 18.4 Å². The summed E-state index contributed by atoms with van der Waals surface area (Å²) in [6.07, 6.45) is 0. The molecule has 0 saturated heterocycles. The molecule has 0 saturated carbocycles. The highest BCUT2D eigenvalue weighted by molar-refractivity contribution is 7.13. The van der Waals surface area contributed by atoms with E-state index in [2.05, 4.69) is 9.97 Å². The van der Waals surface area contributed by atoms with Crippen LogP contribution >= 0.6 is 11.3 Å². The van der Waals surface area contributed by atoms with Crippen LogP contribution < -0.4 is 5.56 Å². The standard InChI is InChI=1S/C9H8N2O2S/c1-5-8(12)10-7(11-9(5)13)6-3-2-4-14-6/h2-4H,1H3,(H2,10,11,12,13). The van der Waals surface area contributed by atoms with E-state index in [0.717, 1.165) is 4.88 Å². The summed E-state index contributed by atoms with van der Waals surface area (Å²) in [7, 11) is 0. The number of nitrogens with zero attached hydrogens (tertiary/aromatic N) is 1. The first-order chi connectivity index (χ1) is 6.68. The average molecular weight is 208 g/mol. The van der Waals surface area contributed by atoms with Crippen molar-refractivity contribution in [1.82, 2.24) is 9.97 Å². The van der Waals surface area contributed by atoms with E-state index in [1.807, 2.05) is 17.5 Å². The smallest absolute Gasteiger partial charge is 0.257 e. The van der Waals surface area contributed by atoms with Gasteiger partial charge in [0.15, 0.2) is 5.82 Å². The predicted octanol–water partition coefficient (Wildman–Crippen LogP) is 1.51. The first kappa shape index (κ1) is 8.96. The molecule has 0 spiro atoms. The quantitative estimate of drug-likeness (QED) is 0.746. The maximum Gasteiger partial charge on any atom is 0.257 e. The van der Waals surface area contributed by atoms with Gasteiger partial charge in [-0.25, -0.2) is 0 Å². The summed E-state index contributed by atoms with van der Waals surface area (Å²) in [5.41, 5.74) is -0.0637. The highest BCUT2D eigenvalue weighted by Crippen LogP contribution is 2.21. The number of hydrogen-bond donors (Lipinski definition) is 2. The van der Waals surface area contributed by atoms with Gasteiger partial charge in [0.2, 0.25) is 5.88 Å². The van der Waals surface area contributed by atoms with Crippen LogP contribution in [0.25, 0.3) is 10.7 Å². The third-order valence-electron chi connectivity index (χ3n) is 1.88. The molecule has 0 bridgehead atoms. The van der Waals surface area contributed by atoms with Crippen molar-refractivity contribution in [1.29, 1.82) is 0 Å². The highest BCUT2D eigenvalue weighted by atomic mass is 32.1. The van der Waals surface area contributed by atoms with Gasteiger partial charge >= 0.3 is 0 Å². The van der Waals surface area contributed by atoms with Crippen molar-refractivity contribution >= 4 is 11.3 Å². The third kappa shape index (κ3) is 1.42. The molecule has 14 heavy (non-hydrogen) atoms. The Kier molecular flexibility index (Phi) is 2.09. The molecule has 0 fully saturated rings. The van der Waals surface area contributed by atoms with Crippen LogP contribution in [0, 0.1) is 6.92 Å². The highest BCUT2D eigenvalue weighted by Gasteiger charge is 2.07. The second-order valence-electron chi connectivity index (χ2n) is 2.84. The van der Waals surface area contributed by atoms with E-state index in [1.54, 1.807) is 0 Å². The van der Waals surface area contributed by atoms with E-state index in [4.69, 9.17) is 0 Å². The number of nitrogens with one attached hydrogen (secondary N) is 1. The minimum Gasteiger partial charge on any atom is -0.493 e. The normalized spacial score (nSPS) is 10.4. The lowest BCUT2D eigenvalue weighted by molar-refractivity contribution is 0.447. The molecule has 5 heteroatoms. The molecule has 2 aromatic rings. The fraction of sp³-hybridized carbons (Fsp3) is 0.111. The number of hydrogen-bond acceptors (Lipinski definition) is 4. The number of rotatable bonds is 1. The minimum atomic E-state index is -0.305. The molecule has 0 aliphatic rings. The van der Waals surface area contributed by atoms with Crippen LogP contribution in [-0.4, -0.2) is 15.1 Å². The van der Waals surface area contributed by atoms with Crippen LogP contribution in [0.15, 0.2) is 22.3 Å². The van der Waals surface area contributed by atoms with Crippen molar-refractivity contribution < 1.29 is 5.11 Å². The second-order valence-corrected chi connectivity index (χ2v) is 3.79. The van der Waals surface area contributed by atoms with E-state index in [9.17, 15) is 9.90 Å². The Hall–Kier alpha value is -1.62. The van der Waals surface area contributed by atoms with Crippen molar-refractivity contribution in [3.63, 3.8) is 0 Å². The van der Waals surface area contributed by atoms with Crippen LogP contribution in [0.3, 0.4) is 0 Å². The number of aromatic amines is 1. The summed E-state index contributed by atoms with van der Waals surface area (Å²) in [5, 5.41) is 11.2. The van der Waals surface area contributed by atoms with E-state index in [-0.39, 0.29) is 17.0 Å². The molecular weight excluding hydrogens is 200 g/mol. The van der Waals surface area contributed by atoms with Gasteiger partial charge in [-0.15, -0.1) is 11.3 Å². The minimum absolute atomic E-state index is 0.211. The lowest BCUT2D eigenvalue weighted by atomic mass is 10.3. The van der Waals surface area contributed by atoms with Gasteiger partial charge in [0.25, 0.3) is 5.56 Å². The van der Waals surface area contributed by atoms with E-state index in [0.29, 0.717) is 5.82 Å². The molecule has 0 unspecified atom stereocenters. The van der Waals surface area contributed by atoms with Gasteiger partial charge in [-0.3, -0.25) is 4.79 Å². The van der Waals surface area contributed by atoms with Crippen LogP contribution in [0.2, 0.25) is 0 Å². The van der Waals surface area contributed by atoms with Gasteiger partial charge < -0.3 is 10.1 Å². The topological polar surface area (TPSA) is 66.0 Å². The van der Waals surface area contributed by atoms with Gasteiger partial charge in [-0.2, -0.15) is 4.98 Å². The zero-order valence-electron chi connectivity index (χ0n) is 7.44. The first-order valence-corrected chi connectivity index (χ1v) is 4.90. The zero-order valence-corrected chi connectivity index (χ0v) is 8.26. The van der Waals surface area contributed by atoms with Crippen molar-refractivity contribution in [2.45, 2.75) is 6.92 Å². The summed E-state index contributed by atoms with van der Waals surface area (Å²) in [6.45, 7) is 1.53. The van der Waals surface area contributed by atoms with Crippen LogP contribution in [0.1, 0.15) is 5.56 Å². The fourth-order valence-electron chi connectivity index (χ4n) is 1.05. The molecule has 72 valence electrons. The van der Waals surface area contributed by atoms with Crippen LogP contribution in [0.5, 0.6) is 5.88 Å². The van der Waals surface area contributed by atoms with E-state index in [1.165, 1.54) is 18.3 Å². The molecule has 2 heterocycles. The molecule has 0 radical (unpaired) electrons. The van der Waals surface area contributed by atoms with Crippen LogP contribution in [-0.2, 0) is 0 Å².